The summed E-state index contributed by atoms with van der Waals surface area (Å²) in [5, 5.41) is 3.06. The standard InChI is InChI=1S/C11H15ClN6O/c1-3-18(4-2)7(19)5-13-9-8-10(15-6-14-8)17-11(12)16-9/h6H,3-5H2,1-2H3,(H2,13,14,15,16,17). The summed E-state index contributed by atoms with van der Waals surface area (Å²) in [6.07, 6.45) is 1.51. The van der Waals surface area contributed by atoms with Crippen LogP contribution in [0.2, 0.25) is 5.28 Å². The summed E-state index contributed by atoms with van der Waals surface area (Å²) >= 11 is 5.80. The van der Waals surface area contributed by atoms with E-state index < -0.39 is 0 Å². The molecule has 0 spiro atoms. The largest absolute Gasteiger partial charge is 0.359 e. The molecule has 2 rings (SSSR count). The van der Waals surface area contributed by atoms with Gasteiger partial charge in [0.15, 0.2) is 11.5 Å². The van der Waals surface area contributed by atoms with Gasteiger partial charge in [-0.25, -0.2) is 4.98 Å². The molecule has 0 aliphatic rings. The van der Waals surface area contributed by atoms with E-state index in [9.17, 15) is 4.79 Å². The molecule has 19 heavy (non-hydrogen) atoms. The molecule has 2 aromatic heterocycles. The second-order valence-electron chi connectivity index (χ2n) is 3.86. The molecule has 1 amide bonds. The monoisotopic (exact) mass is 282 g/mol. The van der Waals surface area contributed by atoms with Gasteiger partial charge in [-0.05, 0) is 25.4 Å². The Bertz CT molecular complexity index is 580. The van der Waals surface area contributed by atoms with Gasteiger partial charge < -0.3 is 15.2 Å². The quantitative estimate of drug-likeness (QED) is 0.807. The number of carbonyl (C=O) groups excluding carboxylic acids is 1. The third-order valence-electron chi connectivity index (χ3n) is 2.78. The highest BCUT2D eigenvalue weighted by Crippen LogP contribution is 2.18. The van der Waals surface area contributed by atoms with Crippen LogP contribution in [0.1, 0.15) is 13.8 Å². The maximum Gasteiger partial charge on any atom is 0.241 e. The minimum absolute atomic E-state index is 0.00685. The highest BCUT2D eigenvalue weighted by Gasteiger charge is 2.12. The maximum atomic E-state index is 11.9. The Morgan fingerprint density at radius 3 is 2.84 bits per heavy atom. The molecule has 0 aliphatic carbocycles. The lowest BCUT2D eigenvalue weighted by Crippen LogP contribution is -2.35. The number of hydrogen-bond acceptors (Lipinski definition) is 5. The van der Waals surface area contributed by atoms with E-state index >= 15 is 0 Å². The number of nitrogens with one attached hydrogen (secondary N) is 2. The predicted octanol–water partition coefficient (Wildman–Crippen LogP) is 1.29. The molecule has 2 heterocycles. The molecule has 0 fully saturated rings. The summed E-state index contributed by atoms with van der Waals surface area (Å²) in [6.45, 7) is 5.40. The van der Waals surface area contributed by atoms with Gasteiger partial charge in [-0.1, -0.05) is 0 Å². The number of aromatic nitrogens is 4. The number of anilines is 1. The van der Waals surface area contributed by atoms with Gasteiger partial charge in [-0.15, -0.1) is 0 Å². The highest BCUT2D eigenvalue weighted by molar-refractivity contribution is 6.28. The average molecular weight is 283 g/mol. The molecular weight excluding hydrogens is 268 g/mol. The molecule has 7 nitrogen and oxygen atoms in total. The fourth-order valence-corrected chi connectivity index (χ4v) is 1.95. The van der Waals surface area contributed by atoms with Crippen molar-refractivity contribution in [1.29, 1.82) is 0 Å². The number of amides is 1. The number of likely N-dealkylation sites (N-methyl/N-ethyl adjacent to an activating group) is 1. The summed E-state index contributed by atoms with van der Waals surface area (Å²) in [7, 11) is 0. The average Bonchev–Trinajstić information content (AvgIpc) is 2.85. The molecule has 0 bridgehead atoms. The van der Waals surface area contributed by atoms with Crippen molar-refractivity contribution in [3.05, 3.63) is 11.6 Å². The second kappa shape index (κ2) is 5.83. The number of halogens is 1. The molecule has 0 unspecified atom stereocenters. The molecule has 0 saturated heterocycles. The Hall–Kier alpha value is -1.89. The highest BCUT2D eigenvalue weighted by atomic mass is 35.5. The van der Waals surface area contributed by atoms with Crippen LogP contribution in [0.3, 0.4) is 0 Å². The second-order valence-corrected chi connectivity index (χ2v) is 4.20. The lowest BCUT2D eigenvalue weighted by atomic mass is 10.4. The number of hydrogen-bond donors (Lipinski definition) is 2. The zero-order valence-corrected chi connectivity index (χ0v) is 11.5. The Balaban J connectivity index is 2.13. The first-order valence-corrected chi connectivity index (χ1v) is 6.41. The van der Waals surface area contributed by atoms with Crippen LogP contribution in [0.4, 0.5) is 5.82 Å². The third kappa shape index (κ3) is 2.93. The summed E-state index contributed by atoms with van der Waals surface area (Å²) < 4.78 is 0. The minimum Gasteiger partial charge on any atom is -0.359 e. The van der Waals surface area contributed by atoms with Gasteiger partial charge in [0, 0.05) is 13.1 Å². The van der Waals surface area contributed by atoms with Gasteiger partial charge in [0.1, 0.15) is 5.52 Å². The fraction of sp³-hybridized carbons (Fsp3) is 0.455. The number of nitrogens with zero attached hydrogens (tertiary/aromatic N) is 4. The molecule has 2 aromatic rings. The first-order chi connectivity index (χ1) is 9.15. The van der Waals surface area contributed by atoms with Gasteiger partial charge in [0.25, 0.3) is 0 Å². The number of carbonyl (C=O) groups is 1. The number of H-pyrrole nitrogens is 1. The Kier molecular flexibility index (Phi) is 4.16. The maximum absolute atomic E-state index is 11.9. The molecular formula is C11H15ClN6O. The van der Waals surface area contributed by atoms with Gasteiger partial charge in [0.05, 0.1) is 12.9 Å². The Morgan fingerprint density at radius 2 is 2.16 bits per heavy atom. The van der Waals surface area contributed by atoms with E-state index in [-0.39, 0.29) is 17.7 Å². The lowest BCUT2D eigenvalue weighted by Gasteiger charge is -2.18. The van der Waals surface area contributed by atoms with E-state index in [1.165, 1.54) is 6.33 Å². The minimum atomic E-state index is 0.00685. The molecule has 0 aliphatic heterocycles. The summed E-state index contributed by atoms with van der Waals surface area (Å²) in [5.41, 5.74) is 1.11. The molecule has 2 N–H and O–H groups in total. The first-order valence-electron chi connectivity index (χ1n) is 6.04. The lowest BCUT2D eigenvalue weighted by molar-refractivity contribution is -0.128. The SMILES string of the molecule is CCN(CC)C(=O)CNc1nc(Cl)nc2nc[nH]c12. The Morgan fingerprint density at radius 1 is 1.42 bits per heavy atom. The van der Waals surface area contributed by atoms with Gasteiger partial charge in [-0.2, -0.15) is 9.97 Å². The van der Waals surface area contributed by atoms with Crippen molar-refractivity contribution in [3.8, 4) is 0 Å². The van der Waals surface area contributed by atoms with Crippen LogP contribution in [0.25, 0.3) is 11.2 Å². The molecule has 102 valence electrons. The van der Waals surface area contributed by atoms with Crippen LogP contribution in [-0.4, -0.2) is 50.4 Å². The van der Waals surface area contributed by atoms with E-state index in [0.29, 0.717) is 30.1 Å². The van der Waals surface area contributed by atoms with Crippen LogP contribution in [0.5, 0.6) is 0 Å². The van der Waals surface area contributed by atoms with Crippen LogP contribution >= 0.6 is 11.6 Å². The van der Waals surface area contributed by atoms with Crippen molar-refractivity contribution < 1.29 is 4.79 Å². The van der Waals surface area contributed by atoms with Crippen LogP contribution in [-0.2, 0) is 4.79 Å². The van der Waals surface area contributed by atoms with Crippen molar-refractivity contribution >= 4 is 34.5 Å². The zero-order valence-electron chi connectivity index (χ0n) is 10.8. The van der Waals surface area contributed by atoms with Crippen molar-refractivity contribution in [2.75, 3.05) is 25.0 Å². The van der Waals surface area contributed by atoms with Gasteiger partial charge >= 0.3 is 0 Å². The van der Waals surface area contributed by atoms with Crippen molar-refractivity contribution in [2.24, 2.45) is 0 Å². The normalized spacial score (nSPS) is 10.7. The molecule has 0 saturated carbocycles. The smallest absolute Gasteiger partial charge is 0.241 e. The fourth-order valence-electron chi connectivity index (χ4n) is 1.78. The first kappa shape index (κ1) is 13.5. The molecule has 0 atom stereocenters. The van der Waals surface area contributed by atoms with E-state index in [4.69, 9.17) is 11.6 Å². The molecule has 0 radical (unpaired) electrons. The number of aromatic amines is 1. The van der Waals surface area contributed by atoms with E-state index in [1.54, 1.807) is 4.90 Å². The Labute approximate surface area is 115 Å². The molecule has 8 heteroatoms. The van der Waals surface area contributed by atoms with Crippen LogP contribution < -0.4 is 5.32 Å². The number of imidazole rings is 1. The van der Waals surface area contributed by atoms with Crippen molar-refractivity contribution in [1.82, 2.24) is 24.8 Å². The predicted molar refractivity (Wildman–Crippen MR) is 73.1 cm³/mol. The van der Waals surface area contributed by atoms with E-state index in [0.717, 1.165) is 0 Å². The summed E-state index contributed by atoms with van der Waals surface area (Å²) in [6, 6.07) is 0. The van der Waals surface area contributed by atoms with E-state index in [2.05, 4.69) is 25.3 Å². The summed E-state index contributed by atoms with van der Waals surface area (Å²) in [4.78, 5) is 28.6. The molecule has 0 aromatic carbocycles. The van der Waals surface area contributed by atoms with Gasteiger partial charge in [-0.3, -0.25) is 4.79 Å². The zero-order chi connectivity index (χ0) is 13.8. The van der Waals surface area contributed by atoms with Crippen molar-refractivity contribution in [2.45, 2.75) is 13.8 Å². The number of rotatable bonds is 5. The van der Waals surface area contributed by atoms with Crippen LogP contribution in [0.15, 0.2) is 6.33 Å². The number of fused-ring (bicyclic) bond motifs is 1. The van der Waals surface area contributed by atoms with Gasteiger partial charge in [0.2, 0.25) is 11.2 Å². The topological polar surface area (TPSA) is 86.8 Å². The van der Waals surface area contributed by atoms with Crippen LogP contribution in [0, 0.1) is 0 Å². The van der Waals surface area contributed by atoms with Crippen molar-refractivity contribution in [3.63, 3.8) is 0 Å². The third-order valence-corrected chi connectivity index (χ3v) is 2.95. The summed E-state index contributed by atoms with van der Waals surface area (Å²) in [5.74, 6) is 0.486. The van der Waals surface area contributed by atoms with E-state index in [1.807, 2.05) is 13.8 Å².